The van der Waals surface area contributed by atoms with Crippen molar-refractivity contribution in [2.45, 2.75) is 25.2 Å². The van der Waals surface area contributed by atoms with Gasteiger partial charge in [0.25, 0.3) is 0 Å². The number of amides is 1. The van der Waals surface area contributed by atoms with Crippen LogP contribution in [-0.4, -0.2) is 39.4 Å². The van der Waals surface area contributed by atoms with Gasteiger partial charge in [-0.3, -0.25) is 4.79 Å². The first kappa shape index (κ1) is 14.9. The van der Waals surface area contributed by atoms with E-state index in [9.17, 15) is 9.18 Å². The number of nitrogens with zero attached hydrogens (tertiary/aromatic N) is 3. The van der Waals surface area contributed by atoms with Crippen molar-refractivity contribution in [1.29, 1.82) is 0 Å². The molecule has 1 aromatic carbocycles. The predicted molar refractivity (Wildman–Crippen MR) is 79.5 cm³/mol. The molecule has 0 spiro atoms. The van der Waals surface area contributed by atoms with E-state index in [4.69, 9.17) is 11.6 Å². The average Bonchev–Trinajstić information content (AvgIpc) is 3.16. The Hall–Kier alpha value is -1.99. The number of carbonyl (C=O) groups excluding carboxylic acids is 1. The summed E-state index contributed by atoms with van der Waals surface area (Å²) in [5.74, 6) is -0.218. The van der Waals surface area contributed by atoms with Gasteiger partial charge in [0, 0.05) is 24.5 Å². The van der Waals surface area contributed by atoms with E-state index in [1.165, 1.54) is 6.33 Å². The highest BCUT2D eigenvalue weighted by Gasteiger charge is 2.29. The molecule has 0 radical (unpaired) electrons. The van der Waals surface area contributed by atoms with E-state index in [2.05, 4.69) is 20.7 Å². The third kappa shape index (κ3) is 3.26. The van der Waals surface area contributed by atoms with Crippen LogP contribution < -0.4 is 10.6 Å². The zero-order chi connectivity index (χ0) is 15.5. The van der Waals surface area contributed by atoms with Gasteiger partial charge in [-0.2, -0.15) is 5.10 Å². The Morgan fingerprint density at radius 1 is 1.55 bits per heavy atom. The summed E-state index contributed by atoms with van der Waals surface area (Å²) in [5.41, 5.74) is 1.59. The molecule has 2 aromatic rings. The van der Waals surface area contributed by atoms with Gasteiger partial charge in [-0.1, -0.05) is 11.6 Å². The fourth-order valence-electron chi connectivity index (χ4n) is 2.45. The van der Waals surface area contributed by atoms with Crippen LogP contribution in [0.2, 0.25) is 5.02 Å². The van der Waals surface area contributed by atoms with Crippen molar-refractivity contribution in [2.75, 3.05) is 6.54 Å². The summed E-state index contributed by atoms with van der Waals surface area (Å²) in [6.07, 6.45) is 2.24. The minimum Gasteiger partial charge on any atom is -0.351 e. The van der Waals surface area contributed by atoms with Gasteiger partial charge in [-0.25, -0.2) is 14.1 Å². The molecule has 6 nitrogen and oxygen atoms in total. The van der Waals surface area contributed by atoms with Crippen LogP contribution in [0, 0.1) is 0 Å². The normalized spacial score (nSPS) is 21.0. The van der Waals surface area contributed by atoms with Crippen LogP contribution in [0.3, 0.4) is 0 Å². The first-order valence-electron chi connectivity index (χ1n) is 6.92. The third-order valence-electron chi connectivity index (χ3n) is 3.55. The number of benzene rings is 1. The number of rotatable bonds is 4. The zero-order valence-corrected chi connectivity index (χ0v) is 12.4. The van der Waals surface area contributed by atoms with Crippen LogP contribution in [0.1, 0.15) is 12.0 Å². The highest BCUT2D eigenvalue weighted by molar-refractivity contribution is 6.30. The summed E-state index contributed by atoms with van der Waals surface area (Å²) >= 11 is 6.02. The van der Waals surface area contributed by atoms with Gasteiger partial charge in [-0.15, -0.1) is 0 Å². The number of carbonyl (C=O) groups is 1. The third-order valence-corrected chi connectivity index (χ3v) is 3.79. The fraction of sp³-hybridized carbons (Fsp3) is 0.357. The summed E-state index contributed by atoms with van der Waals surface area (Å²) < 4.78 is 14.7. The van der Waals surface area contributed by atoms with Crippen LogP contribution in [0.5, 0.6) is 0 Å². The highest BCUT2D eigenvalue weighted by atomic mass is 35.5. The SMILES string of the molecule is O=C(NCc1cc(Cl)ccc1-n1cncn1)C1C[C@@H](F)CN1. The average molecular weight is 324 g/mol. The smallest absolute Gasteiger partial charge is 0.237 e. The quantitative estimate of drug-likeness (QED) is 0.888. The molecular weight excluding hydrogens is 309 g/mol. The van der Waals surface area contributed by atoms with E-state index >= 15 is 0 Å². The van der Waals surface area contributed by atoms with Crippen molar-refractivity contribution >= 4 is 17.5 Å². The molecule has 116 valence electrons. The van der Waals surface area contributed by atoms with Crippen LogP contribution in [-0.2, 0) is 11.3 Å². The molecule has 1 fully saturated rings. The van der Waals surface area contributed by atoms with Gasteiger partial charge >= 0.3 is 0 Å². The first-order chi connectivity index (χ1) is 10.6. The lowest BCUT2D eigenvalue weighted by atomic mass is 10.1. The summed E-state index contributed by atoms with van der Waals surface area (Å²) in [6.45, 7) is 0.503. The summed E-state index contributed by atoms with van der Waals surface area (Å²) in [7, 11) is 0. The molecule has 2 N–H and O–H groups in total. The van der Waals surface area contributed by atoms with Gasteiger partial charge < -0.3 is 10.6 Å². The molecule has 1 aliphatic rings. The molecule has 1 saturated heterocycles. The molecule has 0 saturated carbocycles. The standard InChI is InChI=1S/C14H15ClFN5O/c15-10-1-2-13(21-8-17-7-20-21)9(3-10)5-19-14(22)12-4-11(16)6-18-12/h1-3,7-8,11-12,18H,4-6H2,(H,19,22)/t11-,12?/m1/s1. The van der Waals surface area contributed by atoms with Gasteiger partial charge in [0.15, 0.2) is 0 Å². The van der Waals surface area contributed by atoms with Gasteiger partial charge in [0.05, 0.1) is 11.7 Å². The number of nitrogens with one attached hydrogen (secondary N) is 2. The maximum atomic E-state index is 13.1. The monoisotopic (exact) mass is 323 g/mol. The lowest BCUT2D eigenvalue weighted by Gasteiger charge is -2.13. The summed E-state index contributed by atoms with van der Waals surface area (Å²) in [5, 5.41) is 10.3. The first-order valence-corrected chi connectivity index (χ1v) is 7.30. The molecule has 1 aromatic heterocycles. The molecule has 0 bridgehead atoms. The lowest BCUT2D eigenvalue weighted by Crippen LogP contribution is -2.40. The Morgan fingerprint density at radius 3 is 3.09 bits per heavy atom. The zero-order valence-electron chi connectivity index (χ0n) is 11.7. The molecule has 0 aliphatic carbocycles. The van der Waals surface area contributed by atoms with Crippen molar-refractivity contribution < 1.29 is 9.18 Å². The fourth-order valence-corrected chi connectivity index (χ4v) is 2.64. The molecule has 22 heavy (non-hydrogen) atoms. The molecule has 2 heterocycles. The minimum absolute atomic E-state index is 0.206. The Labute approximate surface area is 131 Å². The van der Waals surface area contributed by atoms with E-state index in [1.807, 2.05) is 6.07 Å². The Balaban J connectivity index is 1.72. The largest absolute Gasteiger partial charge is 0.351 e. The maximum absolute atomic E-state index is 13.1. The number of aromatic nitrogens is 3. The van der Waals surface area contributed by atoms with E-state index in [1.54, 1.807) is 23.1 Å². The molecule has 1 unspecified atom stereocenters. The maximum Gasteiger partial charge on any atom is 0.237 e. The topological polar surface area (TPSA) is 71.8 Å². The molecule has 3 rings (SSSR count). The second kappa shape index (κ2) is 6.41. The van der Waals surface area contributed by atoms with Gasteiger partial charge in [0.2, 0.25) is 5.91 Å². The van der Waals surface area contributed by atoms with Crippen molar-refractivity contribution in [2.24, 2.45) is 0 Å². The van der Waals surface area contributed by atoms with E-state index in [0.29, 0.717) is 5.02 Å². The minimum atomic E-state index is -0.965. The number of halogens is 2. The molecule has 8 heteroatoms. The Morgan fingerprint density at radius 2 is 2.41 bits per heavy atom. The number of hydrogen-bond acceptors (Lipinski definition) is 4. The van der Waals surface area contributed by atoms with E-state index < -0.39 is 12.2 Å². The van der Waals surface area contributed by atoms with Gasteiger partial charge in [-0.05, 0) is 23.8 Å². The van der Waals surface area contributed by atoms with Gasteiger partial charge in [0.1, 0.15) is 18.8 Å². The second-order valence-corrected chi connectivity index (χ2v) is 5.56. The van der Waals surface area contributed by atoms with E-state index in [-0.39, 0.29) is 25.4 Å². The van der Waals surface area contributed by atoms with Crippen molar-refractivity contribution in [3.63, 3.8) is 0 Å². The van der Waals surface area contributed by atoms with Crippen LogP contribution >= 0.6 is 11.6 Å². The van der Waals surface area contributed by atoms with Crippen molar-refractivity contribution in [1.82, 2.24) is 25.4 Å². The van der Waals surface area contributed by atoms with Crippen molar-refractivity contribution in [3.05, 3.63) is 41.4 Å². The van der Waals surface area contributed by atoms with Crippen molar-refractivity contribution in [3.8, 4) is 5.69 Å². The molecule has 1 aliphatic heterocycles. The molecule has 2 atom stereocenters. The summed E-state index contributed by atoms with van der Waals surface area (Å²) in [6, 6.07) is 4.84. The Bertz CT molecular complexity index is 663. The number of hydrogen-bond donors (Lipinski definition) is 2. The Kier molecular flexibility index (Phi) is 4.35. The molecule has 1 amide bonds. The van der Waals surface area contributed by atoms with Crippen LogP contribution in [0.15, 0.2) is 30.9 Å². The second-order valence-electron chi connectivity index (χ2n) is 5.12. The summed E-state index contributed by atoms with van der Waals surface area (Å²) in [4.78, 5) is 15.9. The molecular formula is C14H15ClFN5O. The van der Waals surface area contributed by atoms with Crippen LogP contribution in [0.4, 0.5) is 4.39 Å². The predicted octanol–water partition coefficient (Wildman–Crippen LogP) is 1.24. The van der Waals surface area contributed by atoms with E-state index in [0.717, 1.165) is 11.3 Å². The van der Waals surface area contributed by atoms with Crippen LogP contribution in [0.25, 0.3) is 5.69 Å². The highest BCUT2D eigenvalue weighted by Crippen LogP contribution is 2.19. The number of alkyl halides is 1. The lowest BCUT2D eigenvalue weighted by molar-refractivity contribution is -0.123.